The fourth-order valence-corrected chi connectivity index (χ4v) is 1.21. The monoisotopic (exact) mass is 336 g/mol. The molecular formula is C8H7BrCl2N6. The van der Waals surface area contributed by atoms with Crippen LogP contribution in [0.2, 0.25) is 10.3 Å². The van der Waals surface area contributed by atoms with Crippen LogP contribution in [0.15, 0.2) is 23.2 Å². The van der Waals surface area contributed by atoms with E-state index >= 15 is 0 Å². The molecule has 2 aromatic heterocycles. The van der Waals surface area contributed by atoms with Crippen LogP contribution in [0.4, 0.5) is 11.6 Å². The number of hydrogen-bond donors (Lipinski definition) is 2. The van der Waals surface area contributed by atoms with Crippen molar-refractivity contribution in [2.75, 3.05) is 11.5 Å². The van der Waals surface area contributed by atoms with Gasteiger partial charge in [-0.15, -0.1) is 0 Å². The van der Waals surface area contributed by atoms with E-state index < -0.39 is 0 Å². The molecule has 0 amide bonds. The molecule has 0 aliphatic heterocycles. The molecule has 0 unspecified atom stereocenters. The lowest BCUT2D eigenvalue weighted by atomic mass is 10.7. The molecular weight excluding hydrogens is 331 g/mol. The van der Waals surface area contributed by atoms with E-state index in [4.69, 9.17) is 34.7 Å². The molecule has 0 bridgehead atoms. The van der Waals surface area contributed by atoms with E-state index in [9.17, 15) is 0 Å². The summed E-state index contributed by atoms with van der Waals surface area (Å²) in [5, 5.41) is 0.611. The van der Waals surface area contributed by atoms with Crippen LogP contribution in [-0.2, 0) is 0 Å². The van der Waals surface area contributed by atoms with Gasteiger partial charge in [-0.05, 0) is 15.9 Å². The van der Waals surface area contributed by atoms with Gasteiger partial charge >= 0.3 is 0 Å². The predicted molar refractivity (Wildman–Crippen MR) is 70.6 cm³/mol. The fourth-order valence-electron chi connectivity index (χ4n) is 0.721. The van der Waals surface area contributed by atoms with Crippen molar-refractivity contribution in [2.45, 2.75) is 0 Å². The molecule has 0 fully saturated rings. The van der Waals surface area contributed by atoms with Crippen LogP contribution in [0.5, 0.6) is 0 Å². The minimum absolute atomic E-state index is 0.287. The van der Waals surface area contributed by atoms with Gasteiger partial charge in [0, 0.05) is 0 Å². The number of hydrogen-bond acceptors (Lipinski definition) is 6. The minimum Gasteiger partial charge on any atom is -0.382 e. The first-order chi connectivity index (χ1) is 7.99. The molecule has 0 atom stereocenters. The molecule has 90 valence electrons. The SMILES string of the molecule is Nc1cnc(Br)c(Cl)n1.Nc1cncc(Cl)n1. The van der Waals surface area contributed by atoms with E-state index in [2.05, 4.69) is 35.9 Å². The molecule has 9 heteroatoms. The summed E-state index contributed by atoms with van der Waals surface area (Å²) in [5.74, 6) is 0.667. The van der Waals surface area contributed by atoms with Gasteiger partial charge in [0.05, 0.1) is 18.6 Å². The van der Waals surface area contributed by atoms with Crippen LogP contribution in [0.25, 0.3) is 0 Å². The van der Waals surface area contributed by atoms with Gasteiger partial charge in [0.2, 0.25) is 0 Å². The number of aromatic nitrogens is 4. The Morgan fingerprint density at radius 1 is 1.00 bits per heavy atom. The van der Waals surface area contributed by atoms with Crippen molar-refractivity contribution < 1.29 is 0 Å². The summed E-state index contributed by atoms with van der Waals surface area (Å²) < 4.78 is 0.512. The largest absolute Gasteiger partial charge is 0.382 e. The number of nitrogen functional groups attached to an aromatic ring is 2. The predicted octanol–water partition coefficient (Wildman–Crippen LogP) is 2.19. The fraction of sp³-hybridized carbons (Fsp3) is 0. The zero-order valence-corrected chi connectivity index (χ0v) is 11.4. The van der Waals surface area contributed by atoms with Crippen LogP contribution in [0, 0.1) is 0 Å². The Bertz CT molecular complexity index is 492. The first-order valence-corrected chi connectivity index (χ1v) is 5.70. The Labute approximate surface area is 116 Å². The van der Waals surface area contributed by atoms with E-state index in [-0.39, 0.29) is 5.15 Å². The van der Waals surface area contributed by atoms with Crippen LogP contribution in [-0.4, -0.2) is 19.9 Å². The van der Waals surface area contributed by atoms with Crippen molar-refractivity contribution in [3.05, 3.63) is 33.5 Å². The van der Waals surface area contributed by atoms with Crippen LogP contribution >= 0.6 is 39.1 Å². The molecule has 0 spiro atoms. The lowest BCUT2D eigenvalue weighted by Gasteiger charge is -1.92. The summed E-state index contributed by atoms with van der Waals surface area (Å²) in [7, 11) is 0. The molecule has 6 nitrogen and oxygen atoms in total. The molecule has 2 aromatic rings. The molecule has 4 N–H and O–H groups in total. The average molecular weight is 338 g/mol. The summed E-state index contributed by atoms with van der Waals surface area (Å²) >= 11 is 14.0. The van der Waals surface area contributed by atoms with Crippen molar-refractivity contribution in [1.82, 2.24) is 19.9 Å². The number of anilines is 2. The molecule has 2 rings (SSSR count). The lowest BCUT2D eigenvalue weighted by molar-refractivity contribution is 1.17. The minimum atomic E-state index is 0.287. The average Bonchev–Trinajstić information content (AvgIpc) is 2.24. The quantitative estimate of drug-likeness (QED) is 0.763. The van der Waals surface area contributed by atoms with Crippen molar-refractivity contribution in [3.63, 3.8) is 0 Å². The smallest absolute Gasteiger partial charge is 0.164 e. The van der Waals surface area contributed by atoms with E-state index in [0.717, 1.165) is 0 Å². The van der Waals surface area contributed by atoms with Gasteiger partial charge in [0.25, 0.3) is 0 Å². The maximum Gasteiger partial charge on any atom is 0.164 e. The van der Waals surface area contributed by atoms with E-state index in [0.29, 0.717) is 21.4 Å². The van der Waals surface area contributed by atoms with E-state index in [1.54, 1.807) is 0 Å². The number of halogens is 3. The Hall–Kier alpha value is -1.18. The molecule has 0 aliphatic carbocycles. The normalized spacial score (nSPS) is 9.35. The summed E-state index contributed by atoms with van der Waals surface area (Å²) in [6.07, 6.45) is 4.29. The van der Waals surface area contributed by atoms with E-state index in [1.807, 2.05) is 0 Å². The Balaban J connectivity index is 0.000000171. The standard InChI is InChI=1S/C4H3BrClN3.C4H4ClN3/c5-3-4(6)9-2(7)1-8-3;5-3-1-7-2-4(6)8-3/h1H,(H2,7,9);1-2H,(H2,6,8). The van der Waals surface area contributed by atoms with E-state index in [1.165, 1.54) is 18.6 Å². The third-order valence-electron chi connectivity index (χ3n) is 1.33. The topological polar surface area (TPSA) is 104 Å². The lowest BCUT2D eigenvalue weighted by Crippen LogP contribution is -1.91. The summed E-state index contributed by atoms with van der Waals surface area (Å²) in [5.41, 5.74) is 10.4. The third-order valence-corrected chi connectivity index (χ3v) is 2.59. The first-order valence-electron chi connectivity index (χ1n) is 4.15. The highest BCUT2D eigenvalue weighted by Crippen LogP contribution is 2.16. The third kappa shape index (κ3) is 5.12. The van der Waals surface area contributed by atoms with Gasteiger partial charge in [-0.1, -0.05) is 23.2 Å². The Morgan fingerprint density at radius 2 is 1.65 bits per heavy atom. The molecule has 0 aliphatic rings. The molecule has 0 aromatic carbocycles. The first kappa shape index (κ1) is 13.9. The van der Waals surface area contributed by atoms with Gasteiger partial charge in [0.15, 0.2) is 5.15 Å². The van der Waals surface area contributed by atoms with Crippen LogP contribution in [0.1, 0.15) is 0 Å². The molecule has 2 heterocycles. The van der Waals surface area contributed by atoms with Gasteiger partial charge in [-0.25, -0.2) is 15.0 Å². The van der Waals surface area contributed by atoms with Gasteiger partial charge in [0.1, 0.15) is 21.4 Å². The Morgan fingerprint density at radius 3 is 2.06 bits per heavy atom. The number of nitrogens with zero attached hydrogens (tertiary/aromatic N) is 4. The van der Waals surface area contributed by atoms with Gasteiger partial charge < -0.3 is 11.5 Å². The summed E-state index contributed by atoms with van der Waals surface area (Å²) in [6, 6.07) is 0. The summed E-state index contributed by atoms with van der Waals surface area (Å²) in [6.45, 7) is 0. The van der Waals surface area contributed by atoms with Crippen LogP contribution in [0.3, 0.4) is 0 Å². The van der Waals surface area contributed by atoms with Crippen LogP contribution < -0.4 is 11.5 Å². The second-order valence-corrected chi connectivity index (χ2v) is 4.14. The van der Waals surface area contributed by atoms with Crippen molar-refractivity contribution in [3.8, 4) is 0 Å². The maximum atomic E-state index is 5.51. The number of nitrogens with two attached hydrogens (primary N) is 2. The highest BCUT2D eigenvalue weighted by atomic mass is 79.9. The molecule has 17 heavy (non-hydrogen) atoms. The second-order valence-electron chi connectivity index (χ2n) is 2.64. The van der Waals surface area contributed by atoms with Gasteiger partial charge in [-0.3, -0.25) is 4.98 Å². The molecule has 0 saturated heterocycles. The van der Waals surface area contributed by atoms with Crippen molar-refractivity contribution >= 4 is 50.8 Å². The highest BCUT2D eigenvalue weighted by Gasteiger charge is 1.97. The molecule has 0 saturated carbocycles. The zero-order valence-electron chi connectivity index (χ0n) is 8.31. The maximum absolute atomic E-state index is 5.51. The molecule has 0 radical (unpaired) electrons. The second kappa shape index (κ2) is 6.53. The van der Waals surface area contributed by atoms with Crippen molar-refractivity contribution in [2.24, 2.45) is 0 Å². The highest BCUT2D eigenvalue weighted by molar-refractivity contribution is 9.10. The summed E-state index contributed by atoms with van der Waals surface area (Å²) in [4.78, 5) is 14.8. The zero-order chi connectivity index (χ0) is 12.8. The van der Waals surface area contributed by atoms with Gasteiger partial charge in [-0.2, -0.15) is 0 Å². The number of rotatable bonds is 0. The van der Waals surface area contributed by atoms with Crippen molar-refractivity contribution in [1.29, 1.82) is 0 Å². The Kier molecular flexibility index (Phi) is 5.33.